The van der Waals surface area contributed by atoms with Crippen molar-refractivity contribution in [3.05, 3.63) is 60.3 Å². The van der Waals surface area contributed by atoms with E-state index in [9.17, 15) is 4.79 Å². The van der Waals surface area contributed by atoms with Crippen LogP contribution in [0, 0.1) is 0 Å². The summed E-state index contributed by atoms with van der Waals surface area (Å²) in [7, 11) is 0. The molecule has 1 aliphatic rings. The monoisotopic (exact) mass is 391 g/mol. The van der Waals surface area contributed by atoms with Crippen LogP contribution in [0.2, 0.25) is 0 Å². The van der Waals surface area contributed by atoms with E-state index in [1.807, 2.05) is 54.7 Å². The van der Waals surface area contributed by atoms with Gasteiger partial charge in [-0.25, -0.2) is 0 Å². The Morgan fingerprint density at radius 2 is 1.90 bits per heavy atom. The zero-order chi connectivity index (χ0) is 19.9. The van der Waals surface area contributed by atoms with E-state index >= 15 is 0 Å². The zero-order valence-electron chi connectivity index (χ0n) is 16.7. The number of hydrogen-bond donors (Lipinski definition) is 3. The first-order valence-electron chi connectivity index (χ1n) is 10.6. The number of anilines is 1. The molecule has 1 saturated carbocycles. The van der Waals surface area contributed by atoms with Gasteiger partial charge in [-0.3, -0.25) is 4.79 Å². The Morgan fingerprint density at radius 3 is 2.79 bits per heavy atom. The molecule has 3 aromatic rings. The fraction of sp³-hybridized carbons (Fsp3) is 0.375. The molecule has 4 rings (SSSR count). The van der Waals surface area contributed by atoms with Crippen LogP contribution in [-0.4, -0.2) is 30.1 Å². The van der Waals surface area contributed by atoms with Gasteiger partial charge in [-0.05, 0) is 56.1 Å². The van der Waals surface area contributed by atoms with E-state index in [-0.39, 0.29) is 5.91 Å². The molecule has 152 valence electrons. The van der Waals surface area contributed by atoms with E-state index in [4.69, 9.17) is 4.74 Å². The second-order valence-corrected chi connectivity index (χ2v) is 7.69. The highest BCUT2D eigenvalue weighted by atomic mass is 16.5. The van der Waals surface area contributed by atoms with Gasteiger partial charge >= 0.3 is 0 Å². The lowest BCUT2D eigenvalue weighted by Crippen LogP contribution is -2.32. The summed E-state index contributed by atoms with van der Waals surface area (Å²) < 4.78 is 5.97. The highest BCUT2D eigenvalue weighted by molar-refractivity contribution is 6.12. The summed E-state index contributed by atoms with van der Waals surface area (Å²) in [4.78, 5) is 16.0. The van der Waals surface area contributed by atoms with Crippen molar-refractivity contribution in [1.29, 1.82) is 0 Å². The Balaban J connectivity index is 1.32. The van der Waals surface area contributed by atoms with Gasteiger partial charge in [0.25, 0.3) is 5.91 Å². The number of nitrogens with one attached hydrogen (secondary N) is 3. The highest BCUT2D eigenvalue weighted by Gasteiger charge is 2.14. The lowest BCUT2D eigenvalue weighted by molar-refractivity contribution is 0.102. The smallest absolute Gasteiger partial charge is 0.256 e. The Bertz CT molecular complexity index is 944. The molecule has 29 heavy (non-hydrogen) atoms. The van der Waals surface area contributed by atoms with Crippen LogP contribution in [0.25, 0.3) is 10.9 Å². The first-order valence-corrected chi connectivity index (χ1v) is 10.6. The number of H-pyrrole nitrogens is 1. The number of rotatable bonds is 8. The Kier molecular flexibility index (Phi) is 6.47. The summed E-state index contributed by atoms with van der Waals surface area (Å²) in [6, 6.07) is 15.9. The van der Waals surface area contributed by atoms with Crippen LogP contribution in [0.4, 0.5) is 5.69 Å². The third kappa shape index (κ3) is 4.98. The first-order chi connectivity index (χ1) is 14.3. The molecule has 1 amide bonds. The SMILES string of the molecule is O=C(Nc1ccccc1OCCCNC1CCCCC1)c1cccc2[nH]ccc12. The lowest BCUT2D eigenvalue weighted by atomic mass is 9.95. The van der Waals surface area contributed by atoms with E-state index in [2.05, 4.69) is 15.6 Å². The number of para-hydroxylation sites is 2. The maximum Gasteiger partial charge on any atom is 0.256 e. The molecule has 2 aromatic carbocycles. The average molecular weight is 392 g/mol. The van der Waals surface area contributed by atoms with Crippen molar-refractivity contribution in [3.63, 3.8) is 0 Å². The predicted octanol–water partition coefficient (Wildman–Crippen LogP) is 5.11. The van der Waals surface area contributed by atoms with Crippen molar-refractivity contribution in [2.24, 2.45) is 0 Å². The highest BCUT2D eigenvalue weighted by Crippen LogP contribution is 2.26. The number of carbonyl (C=O) groups excluding carboxylic acids is 1. The minimum absolute atomic E-state index is 0.134. The van der Waals surface area contributed by atoms with Gasteiger partial charge in [0, 0.05) is 28.7 Å². The van der Waals surface area contributed by atoms with Crippen LogP contribution < -0.4 is 15.4 Å². The van der Waals surface area contributed by atoms with E-state index in [0.29, 0.717) is 29.6 Å². The molecule has 0 saturated heterocycles. The van der Waals surface area contributed by atoms with E-state index < -0.39 is 0 Å². The normalized spacial score (nSPS) is 14.8. The number of ether oxygens (including phenoxy) is 1. The van der Waals surface area contributed by atoms with E-state index in [1.165, 1.54) is 32.1 Å². The van der Waals surface area contributed by atoms with Gasteiger partial charge in [-0.15, -0.1) is 0 Å². The van der Waals surface area contributed by atoms with Gasteiger partial charge in [0.2, 0.25) is 0 Å². The Morgan fingerprint density at radius 1 is 1.03 bits per heavy atom. The molecule has 5 heteroatoms. The van der Waals surface area contributed by atoms with Gasteiger partial charge < -0.3 is 20.4 Å². The van der Waals surface area contributed by atoms with Crippen molar-refractivity contribution in [2.45, 2.75) is 44.6 Å². The minimum Gasteiger partial charge on any atom is -0.491 e. The van der Waals surface area contributed by atoms with E-state index in [0.717, 1.165) is 23.9 Å². The maximum atomic E-state index is 12.8. The molecule has 0 spiro atoms. The van der Waals surface area contributed by atoms with Crippen molar-refractivity contribution >= 4 is 22.5 Å². The van der Waals surface area contributed by atoms with Crippen molar-refractivity contribution in [2.75, 3.05) is 18.5 Å². The molecular weight excluding hydrogens is 362 g/mol. The molecule has 0 bridgehead atoms. The number of benzene rings is 2. The van der Waals surface area contributed by atoms with Crippen molar-refractivity contribution in [1.82, 2.24) is 10.3 Å². The predicted molar refractivity (Wildman–Crippen MR) is 118 cm³/mol. The largest absolute Gasteiger partial charge is 0.491 e. The fourth-order valence-electron chi connectivity index (χ4n) is 4.04. The number of amides is 1. The molecule has 3 N–H and O–H groups in total. The number of fused-ring (bicyclic) bond motifs is 1. The lowest BCUT2D eigenvalue weighted by Gasteiger charge is -2.22. The van der Waals surface area contributed by atoms with Crippen molar-refractivity contribution in [3.8, 4) is 5.75 Å². The molecular formula is C24H29N3O2. The second-order valence-electron chi connectivity index (χ2n) is 7.69. The zero-order valence-corrected chi connectivity index (χ0v) is 16.7. The van der Waals surface area contributed by atoms with Crippen LogP contribution in [0.1, 0.15) is 48.9 Å². The molecule has 0 unspecified atom stereocenters. The van der Waals surface area contributed by atoms with Gasteiger partial charge in [-0.2, -0.15) is 0 Å². The van der Waals surface area contributed by atoms with Crippen LogP contribution >= 0.6 is 0 Å². The number of aromatic amines is 1. The summed E-state index contributed by atoms with van der Waals surface area (Å²) in [6.45, 7) is 1.59. The summed E-state index contributed by atoms with van der Waals surface area (Å²) >= 11 is 0. The number of carbonyl (C=O) groups is 1. The third-order valence-electron chi connectivity index (χ3n) is 5.59. The quantitative estimate of drug-likeness (QED) is 0.467. The maximum absolute atomic E-state index is 12.8. The second kappa shape index (κ2) is 9.61. The Hall–Kier alpha value is -2.79. The third-order valence-corrected chi connectivity index (χ3v) is 5.59. The van der Waals surface area contributed by atoms with Gasteiger partial charge in [0.1, 0.15) is 5.75 Å². The molecule has 1 aliphatic carbocycles. The Labute approximate surface area is 171 Å². The first kappa shape index (κ1) is 19.5. The topological polar surface area (TPSA) is 66.2 Å². The van der Waals surface area contributed by atoms with Gasteiger partial charge in [0.05, 0.1) is 12.3 Å². The summed E-state index contributed by atoms with van der Waals surface area (Å²) in [6.07, 6.45) is 9.45. The molecule has 1 aromatic heterocycles. The standard InChI is InChI=1S/C24H29N3O2/c28-24(20-10-6-12-21-19(20)14-16-26-21)27-22-11-4-5-13-23(22)29-17-7-15-25-18-8-2-1-3-9-18/h4-6,10-14,16,18,25-26H,1-3,7-9,15,17H2,(H,27,28). The molecule has 5 nitrogen and oxygen atoms in total. The summed E-state index contributed by atoms with van der Waals surface area (Å²) in [5.41, 5.74) is 2.30. The summed E-state index contributed by atoms with van der Waals surface area (Å²) in [5.74, 6) is 0.574. The van der Waals surface area contributed by atoms with Gasteiger partial charge in [-0.1, -0.05) is 37.5 Å². The van der Waals surface area contributed by atoms with Gasteiger partial charge in [0.15, 0.2) is 0 Å². The van der Waals surface area contributed by atoms with Crippen LogP contribution in [0.5, 0.6) is 5.75 Å². The van der Waals surface area contributed by atoms with Crippen LogP contribution in [0.3, 0.4) is 0 Å². The van der Waals surface area contributed by atoms with Crippen molar-refractivity contribution < 1.29 is 9.53 Å². The molecule has 1 heterocycles. The van der Waals surface area contributed by atoms with E-state index in [1.54, 1.807) is 0 Å². The molecule has 0 aliphatic heterocycles. The average Bonchev–Trinajstić information content (AvgIpc) is 3.24. The minimum atomic E-state index is -0.134. The number of aromatic nitrogens is 1. The number of hydrogen-bond acceptors (Lipinski definition) is 3. The van der Waals surface area contributed by atoms with Crippen LogP contribution in [-0.2, 0) is 0 Å². The molecule has 0 atom stereocenters. The van der Waals surface area contributed by atoms with Crippen LogP contribution in [0.15, 0.2) is 54.7 Å². The molecule has 1 fully saturated rings. The summed E-state index contributed by atoms with van der Waals surface area (Å²) in [5, 5.41) is 7.56. The molecule has 0 radical (unpaired) electrons. The fourth-order valence-corrected chi connectivity index (χ4v) is 4.04.